The van der Waals surface area contributed by atoms with Crippen molar-refractivity contribution in [2.45, 2.75) is 95.1 Å². The molecule has 346 valence electrons. The lowest BCUT2D eigenvalue weighted by molar-refractivity contribution is -0.128. The van der Waals surface area contributed by atoms with Crippen LogP contribution in [0.15, 0.2) is 67.4 Å². The number of nitrogens with one attached hydrogen (secondary N) is 2. The molecule has 4 saturated heterocycles. The molecule has 2 aromatic heterocycles. The summed E-state index contributed by atoms with van der Waals surface area (Å²) in [5, 5.41) is 17.0. The largest absolute Gasteiger partial charge is 0.496 e. The number of piperazine rings is 2. The first-order valence-corrected chi connectivity index (χ1v) is 25.0. The standard InChI is InChI=1S/C46H50N8O8S4/c1-7-38(56)51-19-29-14-27(51)21-53(29)43(60)32-17-37(24(3)13-35(32)62-6)64-44-33(49-46(66-44)48-25(4)55)10-11-39(57)52-20-30-15-28(52)22-54(30)42(59)31-16-36(23(2)12-34(31)61-5)63-40-18-47-45(65-40)50-41(58)26-8-9-26/h7,10-13,16-18,25-30,55H,1,8-9,14-15,19-22H2,2-6H3,(H,48,49)(H,47,50,58)/b11-10+/t25?,27-,28-,29-,30-/m0/s1. The number of aliphatic hydroxyl groups excluding tert-OH is 1. The van der Waals surface area contributed by atoms with Gasteiger partial charge in [0.1, 0.15) is 17.7 Å². The van der Waals surface area contributed by atoms with Crippen molar-refractivity contribution in [3.8, 4) is 11.5 Å². The molecular formula is C46H50N8O8S4. The van der Waals surface area contributed by atoms with Crippen LogP contribution in [0, 0.1) is 19.8 Å². The number of benzene rings is 2. The summed E-state index contributed by atoms with van der Waals surface area (Å²) in [4.78, 5) is 84.9. The molecule has 1 aliphatic carbocycles. The van der Waals surface area contributed by atoms with Crippen LogP contribution in [0.2, 0.25) is 0 Å². The van der Waals surface area contributed by atoms with Crippen molar-refractivity contribution in [2.24, 2.45) is 5.92 Å². The van der Waals surface area contributed by atoms with Crippen LogP contribution in [-0.4, -0.2) is 135 Å². The molecule has 6 heterocycles. The first kappa shape index (κ1) is 45.7. The highest BCUT2D eigenvalue weighted by Gasteiger charge is 2.48. The van der Waals surface area contributed by atoms with E-state index in [-0.39, 0.29) is 59.6 Å². The summed E-state index contributed by atoms with van der Waals surface area (Å²) in [5.41, 5.74) is 3.19. The Labute approximate surface area is 398 Å². The molecule has 66 heavy (non-hydrogen) atoms. The molecule has 0 radical (unpaired) electrons. The van der Waals surface area contributed by atoms with Crippen LogP contribution in [0.25, 0.3) is 6.08 Å². The second-order valence-corrected chi connectivity index (χ2v) is 21.8. The van der Waals surface area contributed by atoms with E-state index in [9.17, 15) is 29.1 Å². The number of carbonyl (C=O) groups excluding carboxylic acids is 5. The number of anilines is 2. The SMILES string of the molecule is C=CC(=O)N1C[C@@H]2C[C@H]1CN2C(=O)c1cc(Sc2sc(NC(C)O)nc2/C=C/C(=O)N2C[C@@H]3C[C@H]2CN3C(=O)c2cc(Sc3cnc(NC(=O)C4CC4)s3)c(C)cc2OC)c(C)cc1OC. The number of likely N-dealkylation sites (tertiary alicyclic amines) is 4. The Morgan fingerprint density at radius 3 is 1.86 bits per heavy atom. The lowest BCUT2D eigenvalue weighted by atomic mass is 10.1. The Kier molecular flexibility index (Phi) is 13.0. The van der Waals surface area contributed by atoms with Crippen LogP contribution >= 0.6 is 46.2 Å². The van der Waals surface area contributed by atoms with Gasteiger partial charge in [-0.15, -0.1) is 0 Å². The third-order valence-corrected chi connectivity index (χ3v) is 17.1. The molecule has 20 heteroatoms. The van der Waals surface area contributed by atoms with Gasteiger partial charge in [0.25, 0.3) is 11.8 Å². The summed E-state index contributed by atoms with van der Waals surface area (Å²) in [7, 11) is 3.09. The van der Waals surface area contributed by atoms with Crippen LogP contribution in [0.3, 0.4) is 0 Å². The van der Waals surface area contributed by atoms with E-state index in [1.807, 2.05) is 47.9 Å². The van der Waals surface area contributed by atoms with E-state index in [0.717, 1.165) is 42.2 Å². The Balaban J connectivity index is 0.877. The molecule has 5 aliphatic rings. The van der Waals surface area contributed by atoms with E-state index in [4.69, 9.17) is 14.5 Å². The maximum atomic E-state index is 14.2. The Morgan fingerprint density at radius 1 is 0.803 bits per heavy atom. The number of amides is 5. The fraction of sp³-hybridized carbons (Fsp3) is 0.413. The first-order chi connectivity index (χ1) is 31.7. The lowest BCUT2D eigenvalue weighted by Gasteiger charge is -2.34. The molecule has 5 fully saturated rings. The number of aliphatic hydroxyl groups is 1. The predicted molar refractivity (Wildman–Crippen MR) is 254 cm³/mol. The maximum Gasteiger partial charge on any atom is 0.258 e. The number of hydrogen-bond donors (Lipinski definition) is 3. The second kappa shape index (κ2) is 18.7. The summed E-state index contributed by atoms with van der Waals surface area (Å²) >= 11 is 5.61. The van der Waals surface area contributed by atoms with Gasteiger partial charge in [-0.2, -0.15) is 0 Å². The minimum atomic E-state index is -0.873. The average molecular weight is 971 g/mol. The monoisotopic (exact) mass is 970 g/mol. The van der Waals surface area contributed by atoms with E-state index in [1.54, 1.807) is 36.1 Å². The van der Waals surface area contributed by atoms with Gasteiger partial charge in [0.2, 0.25) is 17.7 Å². The maximum absolute atomic E-state index is 14.2. The highest BCUT2D eigenvalue weighted by molar-refractivity contribution is 8.01. The second-order valence-electron chi connectivity index (χ2n) is 17.1. The molecule has 3 N–H and O–H groups in total. The fourth-order valence-corrected chi connectivity index (χ4v) is 13.3. The highest BCUT2D eigenvalue weighted by atomic mass is 32.2. The van der Waals surface area contributed by atoms with Gasteiger partial charge in [0, 0.05) is 48.0 Å². The number of thiazole rings is 2. The highest BCUT2D eigenvalue weighted by Crippen LogP contribution is 2.44. The van der Waals surface area contributed by atoms with Crippen LogP contribution in [0.4, 0.5) is 10.3 Å². The molecule has 1 saturated carbocycles. The number of hydrogen-bond acceptors (Lipinski definition) is 15. The molecule has 0 spiro atoms. The van der Waals surface area contributed by atoms with Gasteiger partial charge >= 0.3 is 0 Å². The van der Waals surface area contributed by atoms with E-state index in [1.165, 1.54) is 65.5 Å². The van der Waals surface area contributed by atoms with Crippen LogP contribution in [-0.2, 0) is 14.4 Å². The molecule has 4 aliphatic heterocycles. The third-order valence-electron chi connectivity index (χ3n) is 12.6. The fourth-order valence-electron chi connectivity index (χ4n) is 9.12. The zero-order valence-corrected chi connectivity index (χ0v) is 40.3. The molecule has 4 aromatic rings. The summed E-state index contributed by atoms with van der Waals surface area (Å²) in [5.74, 6) is 0.355. The predicted octanol–water partition coefficient (Wildman–Crippen LogP) is 6.38. The van der Waals surface area contributed by atoms with E-state index < -0.39 is 6.23 Å². The lowest BCUT2D eigenvalue weighted by Crippen LogP contribution is -2.50. The van der Waals surface area contributed by atoms with Gasteiger partial charge in [-0.05, 0) is 94.0 Å². The molecule has 2 aromatic carbocycles. The number of ether oxygens (including phenoxy) is 2. The summed E-state index contributed by atoms with van der Waals surface area (Å²) in [6.07, 6.45) is 8.54. The smallest absolute Gasteiger partial charge is 0.258 e. The molecule has 5 atom stereocenters. The van der Waals surface area contributed by atoms with Gasteiger partial charge in [-0.1, -0.05) is 52.8 Å². The van der Waals surface area contributed by atoms with Crippen molar-refractivity contribution in [1.29, 1.82) is 0 Å². The van der Waals surface area contributed by atoms with Crippen LogP contribution < -0.4 is 20.1 Å². The van der Waals surface area contributed by atoms with Gasteiger partial charge < -0.3 is 44.8 Å². The van der Waals surface area contributed by atoms with E-state index in [2.05, 4.69) is 22.2 Å². The minimum Gasteiger partial charge on any atom is -0.496 e. The topological polar surface area (TPSA) is 187 Å². The normalized spacial score (nSPS) is 21.2. The molecule has 4 bridgehead atoms. The summed E-state index contributed by atoms with van der Waals surface area (Å²) < 4.78 is 13.0. The van der Waals surface area contributed by atoms with Crippen molar-refractivity contribution < 1.29 is 38.6 Å². The van der Waals surface area contributed by atoms with E-state index >= 15 is 0 Å². The van der Waals surface area contributed by atoms with Gasteiger partial charge in [0.15, 0.2) is 10.3 Å². The van der Waals surface area contributed by atoms with Crippen molar-refractivity contribution in [1.82, 2.24) is 29.6 Å². The number of aromatic nitrogens is 2. The van der Waals surface area contributed by atoms with Gasteiger partial charge in [0.05, 0.1) is 69.8 Å². The number of rotatable bonds is 15. The summed E-state index contributed by atoms with van der Waals surface area (Å²) in [6.45, 7) is 10.8. The Morgan fingerprint density at radius 2 is 1.35 bits per heavy atom. The molecule has 9 rings (SSSR count). The van der Waals surface area contributed by atoms with Crippen molar-refractivity contribution in [2.75, 3.05) is 51.0 Å². The Hall–Kier alpha value is -5.41. The van der Waals surface area contributed by atoms with E-state index in [0.29, 0.717) is 77.6 Å². The first-order valence-electron chi connectivity index (χ1n) is 21.7. The minimum absolute atomic E-state index is 0.00290. The van der Waals surface area contributed by atoms with Gasteiger partial charge in [-0.3, -0.25) is 24.0 Å². The number of aryl methyl sites for hydroxylation is 2. The molecule has 1 unspecified atom stereocenters. The zero-order valence-electron chi connectivity index (χ0n) is 37.1. The van der Waals surface area contributed by atoms with Crippen molar-refractivity contribution in [3.63, 3.8) is 0 Å². The zero-order chi connectivity index (χ0) is 46.6. The quantitative estimate of drug-likeness (QED) is 0.0881. The number of fused-ring (bicyclic) bond motifs is 4. The third kappa shape index (κ3) is 9.17. The van der Waals surface area contributed by atoms with Crippen molar-refractivity contribution >= 4 is 92.1 Å². The molecule has 5 amide bonds. The van der Waals surface area contributed by atoms with Crippen LogP contribution in [0.5, 0.6) is 11.5 Å². The average Bonchev–Trinajstić information content (AvgIpc) is 3.86. The Bertz CT molecular complexity index is 2660. The number of methoxy groups -OCH3 is 2. The van der Waals surface area contributed by atoms with Crippen molar-refractivity contribution in [3.05, 3.63) is 77.1 Å². The summed E-state index contributed by atoms with van der Waals surface area (Å²) in [6, 6.07) is 6.89. The van der Waals surface area contributed by atoms with Gasteiger partial charge in [-0.25, -0.2) is 9.97 Å². The molecular weight excluding hydrogens is 921 g/mol. The number of carbonyl (C=O) groups is 5. The number of nitrogens with zero attached hydrogens (tertiary/aromatic N) is 6. The molecule has 16 nitrogen and oxygen atoms in total. The van der Waals surface area contributed by atoms with Crippen LogP contribution in [0.1, 0.15) is 70.1 Å².